The molecule has 0 aromatic carbocycles. The molecule has 4 N–H and O–H groups in total. The number of hydrazine groups is 1. The molecule has 0 bridgehead atoms. The van der Waals surface area contributed by atoms with Gasteiger partial charge in [-0.3, -0.25) is 0 Å². The van der Waals surface area contributed by atoms with Gasteiger partial charge in [-0.05, 0) is 17.9 Å². The number of nitrogen functional groups attached to an aromatic ring is 1. The number of thiophene rings is 1. The van der Waals surface area contributed by atoms with E-state index < -0.39 is 0 Å². The lowest BCUT2D eigenvalue weighted by molar-refractivity contribution is 1.02. The Bertz CT molecular complexity index is 429. The predicted molar refractivity (Wildman–Crippen MR) is 66.4 cm³/mol. The Morgan fingerprint density at radius 1 is 1.31 bits per heavy atom. The normalized spacial score (nSPS) is 10.1. The molecule has 6 heteroatoms. The van der Waals surface area contributed by atoms with E-state index in [-0.39, 0.29) is 0 Å². The third-order valence-corrected chi connectivity index (χ3v) is 3.01. The van der Waals surface area contributed by atoms with Crippen LogP contribution in [0.5, 0.6) is 0 Å². The lowest BCUT2D eigenvalue weighted by Gasteiger charge is -2.05. The monoisotopic (exact) mass is 235 g/mol. The van der Waals surface area contributed by atoms with Crippen molar-refractivity contribution in [2.75, 3.05) is 17.3 Å². The molecule has 5 nitrogen and oxygen atoms in total. The van der Waals surface area contributed by atoms with Gasteiger partial charge in [-0.2, -0.15) is 0 Å². The Kier molecular flexibility index (Phi) is 3.68. The second kappa shape index (κ2) is 5.43. The van der Waals surface area contributed by atoms with E-state index in [2.05, 4.69) is 38.2 Å². The highest BCUT2D eigenvalue weighted by Crippen LogP contribution is 2.10. The van der Waals surface area contributed by atoms with Crippen molar-refractivity contribution in [2.45, 2.75) is 6.42 Å². The van der Waals surface area contributed by atoms with Crippen LogP contribution in [-0.4, -0.2) is 16.5 Å². The van der Waals surface area contributed by atoms with E-state index in [4.69, 9.17) is 5.84 Å². The Labute approximate surface area is 97.7 Å². The van der Waals surface area contributed by atoms with Gasteiger partial charge in [-0.25, -0.2) is 15.8 Å². The van der Waals surface area contributed by atoms with Crippen molar-refractivity contribution in [3.8, 4) is 0 Å². The van der Waals surface area contributed by atoms with Crippen LogP contribution < -0.4 is 16.6 Å². The quantitative estimate of drug-likeness (QED) is 0.540. The van der Waals surface area contributed by atoms with Gasteiger partial charge in [0, 0.05) is 17.5 Å². The van der Waals surface area contributed by atoms with Crippen molar-refractivity contribution < 1.29 is 0 Å². The Balaban J connectivity index is 1.85. The number of nitrogens with two attached hydrogens (primary N) is 1. The summed E-state index contributed by atoms with van der Waals surface area (Å²) >= 11 is 1.76. The number of hydrogen-bond donors (Lipinski definition) is 3. The molecular formula is C10H13N5S. The Hall–Kier alpha value is -1.66. The first-order chi connectivity index (χ1) is 7.88. The highest BCUT2D eigenvalue weighted by Gasteiger charge is 1.97. The Morgan fingerprint density at radius 2 is 2.19 bits per heavy atom. The van der Waals surface area contributed by atoms with Crippen molar-refractivity contribution in [3.05, 3.63) is 34.8 Å². The summed E-state index contributed by atoms with van der Waals surface area (Å²) in [5.41, 5.74) is 2.48. The standard InChI is InChI=1S/C10H13N5S/c11-15-10-6-9(13-7-14-10)12-4-3-8-2-1-5-16-8/h1-2,5-7H,3-4,11H2,(H2,12,13,14,15). The number of aromatic nitrogens is 2. The van der Waals surface area contributed by atoms with Crippen molar-refractivity contribution in [1.29, 1.82) is 0 Å². The van der Waals surface area contributed by atoms with Crippen LogP contribution in [0, 0.1) is 0 Å². The van der Waals surface area contributed by atoms with Crippen LogP contribution in [0.15, 0.2) is 29.9 Å². The minimum atomic E-state index is 0.605. The van der Waals surface area contributed by atoms with Crippen LogP contribution in [0.2, 0.25) is 0 Å². The van der Waals surface area contributed by atoms with E-state index in [0.29, 0.717) is 5.82 Å². The van der Waals surface area contributed by atoms with Crippen LogP contribution in [-0.2, 0) is 6.42 Å². The van der Waals surface area contributed by atoms with Crippen molar-refractivity contribution in [1.82, 2.24) is 9.97 Å². The summed E-state index contributed by atoms with van der Waals surface area (Å²) in [6, 6.07) is 5.95. The molecular weight excluding hydrogens is 222 g/mol. The average Bonchev–Trinajstić information content (AvgIpc) is 2.82. The molecule has 2 rings (SSSR count). The van der Waals surface area contributed by atoms with Crippen molar-refractivity contribution in [3.63, 3.8) is 0 Å². The number of nitrogens with one attached hydrogen (secondary N) is 2. The number of rotatable bonds is 5. The third kappa shape index (κ3) is 2.91. The van der Waals surface area contributed by atoms with E-state index in [1.807, 2.05) is 0 Å². The first-order valence-electron chi connectivity index (χ1n) is 4.93. The van der Waals surface area contributed by atoms with Crippen LogP contribution in [0.4, 0.5) is 11.6 Å². The minimum absolute atomic E-state index is 0.605. The van der Waals surface area contributed by atoms with Crippen LogP contribution in [0.1, 0.15) is 4.88 Å². The number of hydrogen-bond acceptors (Lipinski definition) is 6. The highest BCUT2D eigenvalue weighted by atomic mass is 32.1. The van der Waals surface area contributed by atoms with Gasteiger partial charge in [0.2, 0.25) is 0 Å². The van der Waals surface area contributed by atoms with E-state index >= 15 is 0 Å². The predicted octanol–water partition coefficient (Wildman–Crippen LogP) is 1.48. The van der Waals surface area contributed by atoms with Crippen LogP contribution >= 0.6 is 11.3 Å². The molecule has 0 aliphatic carbocycles. The summed E-state index contributed by atoms with van der Waals surface area (Å²) in [6.07, 6.45) is 2.47. The van der Waals surface area contributed by atoms with E-state index in [0.717, 1.165) is 18.8 Å². The molecule has 0 radical (unpaired) electrons. The first-order valence-corrected chi connectivity index (χ1v) is 5.81. The molecule has 0 amide bonds. The molecule has 84 valence electrons. The fourth-order valence-corrected chi connectivity index (χ4v) is 2.01. The highest BCUT2D eigenvalue weighted by molar-refractivity contribution is 7.09. The SMILES string of the molecule is NNc1cc(NCCc2cccs2)ncn1. The number of anilines is 2. The molecule has 2 heterocycles. The largest absolute Gasteiger partial charge is 0.370 e. The van der Waals surface area contributed by atoms with E-state index in [9.17, 15) is 0 Å². The molecule has 0 atom stereocenters. The molecule has 0 saturated carbocycles. The van der Waals surface area contributed by atoms with Gasteiger partial charge in [-0.15, -0.1) is 11.3 Å². The third-order valence-electron chi connectivity index (χ3n) is 2.07. The molecule has 16 heavy (non-hydrogen) atoms. The zero-order valence-electron chi connectivity index (χ0n) is 8.68. The lowest BCUT2D eigenvalue weighted by atomic mass is 10.3. The fraction of sp³-hybridized carbons (Fsp3) is 0.200. The first kappa shape index (κ1) is 10.8. The maximum absolute atomic E-state index is 5.26. The van der Waals surface area contributed by atoms with Gasteiger partial charge < -0.3 is 10.7 Å². The fourth-order valence-electron chi connectivity index (χ4n) is 1.30. The van der Waals surface area contributed by atoms with Crippen LogP contribution in [0.25, 0.3) is 0 Å². The summed E-state index contributed by atoms with van der Waals surface area (Å²) in [5.74, 6) is 6.64. The minimum Gasteiger partial charge on any atom is -0.370 e. The van der Waals surface area contributed by atoms with Gasteiger partial charge in [-0.1, -0.05) is 6.07 Å². The summed E-state index contributed by atoms with van der Waals surface area (Å²) in [6.45, 7) is 0.849. The maximum atomic E-state index is 5.26. The van der Waals surface area contributed by atoms with Gasteiger partial charge >= 0.3 is 0 Å². The molecule has 2 aromatic heterocycles. The summed E-state index contributed by atoms with van der Waals surface area (Å²) < 4.78 is 0. The molecule has 0 saturated heterocycles. The maximum Gasteiger partial charge on any atom is 0.145 e. The van der Waals surface area contributed by atoms with Gasteiger partial charge in [0.1, 0.15) is 18.0 Å². The second-order valence-electron chi connectivity index (χ2n) is 3.19. The van der Waals surface area contributed by atoms with Gasteiger partial charge in [0.05, 0.1) is 0 Å². The Morgan fingerprint density at radius 3 is 2.94 bits per heavy atom. The van der Waals surface area contributed by atoms with Gasteiger partial charge in [0.15, 0.2) is 0 Å². The molecule has 0 fully saturated rings. The zero-order chi connectivity index (χ0) is 11.2. The molecule has 0 aliphatic heterocycles. The van der Waals surface area contributed by atoms with E-state index in [1.54, 1.807) is 17.4 Å². The smallest absolute Gasteiger partial charge is 0.145 e. The topological polar surface area (TPSA) is 75.9 Å². The van der Waals surface area contributed by atoms with Gasteiger partial charge in [0.25, 0.3) is 0 Å². The lowest BCUT2D eigenvalue weighted by Crippen LogP contribution is -2.10. The van der Waals surface area contributed by atoms with Crippen LogP contribution in [0.3, 0.4) is 0 Å². The second-order valence-corrected chi connectivity index (χ2v) is 4.22. The molecule has 0 aliphatic rings. The summed E-state index contributed by atoms with van der Waals surface area (Å²) in [4.78, 5) is 9.38. The summed E-state index contributed by atoms with van der Waals surface area (Å²) in [7, 11) is 0. The summed E-state index contributed by atoms with van der Waals surface area (Å²) in [5, 5.41) is 5.30. The van der Waals surface area contributed by atoms with E-state index in [1.165, 1.54) is 11.2 Å². The average molecular weight is 235 g/mol. The molecule has 0 unspecified atom stereocenters. The zero-order valence-corrected chi connectivity index (χ0v) is 9.50. The molecule has 2 aromatic rings. The molecule has 0 spiro atoms. The van der Waals surface area contributed by atoms with Crippen molar-refractivity contribution in [2.24, 2.45) is 5.84 Å². The van der Waals surface area contributed by atoms with Crippen molar-refractivity contribution >= 4 is 23.0 Å². The number of nitrogens with zero attached hydrogens (tertiary/aromatic N) is 2.